The lowest BCUT2D eigenvalue weighted by Crippen LogP contribution is -2.49. The molecule has 0 aliphatic carbocycles. The molecule has 0 amide bonds. The topological polar surface area (TPSA) is 64.3 Å². The zero-order valence-electron chi connectivity index (χ0n) is 11.4. The maximum absolute atomic E-state index is 5.87. The third-order valence-electron chi connectivity index (χ3n) is 3.75. The molecule has 0 aromatic carbocycles. The zero-order chi connectivity index (χ0) is 13.1. The third-order valence-corrected chi connectivity index (χ3v) is 3.75. The Morgan fingerprint density at radius 1 is 1.44 bits per heavy atom. The van der Waals surface area contributed by atoms with Gasteiger partial charge in [0.25, 0.3) is 0 Å². The van der Waals surface area contributed by atoms with Crippen LogP contribution in [0.25, 0.3) is 0 Å². The molecule has 0 bridgehead atoms. The average Bonchev–Trinajstić information content (AvgIpc) is 2.41. The summed E-state index contributed by atoms with van der Waals surface area (Å²) < 4.78 is 5.43. The van der Waals surface area contributed by atoms with Crippen LogP contribution in [0.4, 0.5) is 5.82 Å². The van der Waals surface area contributed by atoms with Crippen LogP contribution in [0.5, 0.6) is 0 Å². The van der Waals surface area contributed by atoms with Crippen LogP contribution in [-0.4, -0.2) is 42.3 Å². The number of methoxy groups -OCH3 is 1. The van der Waals surface area contributed by atoms with Gasteiger partial charge in [-0.3, -0.25) is 4.98 Å². The Labute approximate surface area is 108 Å². The second kappa shape index (κ2) is 5.63. The predicted molar refractivity (Wildman–Crippen MR) is 71.7 cm³/mol. The van der Waals surface area contributed by atoms with Crippen molar-refractivity contribution in [2.24, 2.45) is 5.73 Å². The first-order chi connectivity index (χ1) is 8.65. The second-order valence-electron chi connectivity index (χ2n) is 4.86. The lowest BCUT2D eigenvalue weighted by Gasteiger charge is -2.39. The second-order valence-corrected chi connectivity index (χ2v) is 4.86. The first-order valence-electron chi connectivity index (χ1n) is 6.45. The van der Waals surface area contributed by atoms with Crippen molar-refractivity contribution in [3.63, 3.8) is 0 Å². The van der Waals surface area contributed by atoms with Gasteiger partial charge in [-0.15, -0.1) is 0 Å². The number of hydrogen-bond acceptors (Lipinski definition) is 5. The smallest absolute Gasteiger partial charge is 0.147 e. The lowest BCUT2D eigenvalue weighted by molar-refractivity contribution is 0.0707. The van der Waals surface area contributed by atoms with Crippen molar-refractivity contribution in [2.75, 3.05) is 25.1 Å². The number of hydrogen-bond donors (Lipinski definition) is 1. The van der Waals surface area contributed by atoms with Gasteiger partial charge in [0, 0.05) is 26.2 Å². The largest absolute Gasteiger partial charge is 0.381 e. The number of ether oxygens (including phenoxy) is 1. The molecule has 0 spiro atoms. The van der Waals surface area contributed by atoms with E-state index in [9.17, 15) is 0 Å². The molecule has 1 aromatic rings. The van der Waals surface area contributed by atoms with Crippen molar-refractivity contribution >= 4 is 5.82 Å². The maximum Gasteiger partial charge on any atom is 0.147 e. The number of piperidine rings is 1. The fourth-order valence-electron chi connectivity index (χ4n) is 2.42. The molecule has 1 aliphatic heterocycles. The summed E-state index contributed by atoms with van der Waals surface area (Å²) in [6.07, 6.45) is 4.13. The SMILES string of the molecule is COC1CCN(c2cnc(C)c(C)n2)C(CN)C1. The summed E-state index contributed by atoms with van der Waals surface area (Å²) >= 11 is 0. The van der Waals surface area contributed by atoms with Crippen LogP contribution in [0.15, 0.2) is 6.20 Å². The van der Waals surface area contributed by atoms with E-state index in [0.717, 1.165) is 36.6 Å². The van der Waals surface area contributed by atoms with E-state index in [0.29, 0.717) is 18.7 Å². The van der Waals surface area contributed by atoms with Gasteiger partial charge in [0.2, 0.25) is 0 Å². The molecular formula is C13H22N4O. The molecule has 1 fully saturated rings. The summed E-state index contributed by atoms with van der Waals surface area (Å²) in [4.78, 5) is 11.3. The summed E-state index contributed by atoms with van der Waals surface area (Å²) in [5.74, 6) is 0.933. The number of nitrogens with two attached hydrogens (primary N) is 1. The first-order valence-corrected chi connectivity index (χ1v) is 6.45. The molecular weight excluding hydrogens is 228 g/mol. The number of aromatic nitrogens is 2. The van der Waals surface area contributed by atoms with Crippen LogP contribution in [0.2, 0.25) is 0 Å². The number of nitrogens with zero attached hydrogens (tertiary/aromatic N) is 3. The van der Waals surface area contributed by atoms with E-state index in [1.165, 1.54) is 0 Å². The van der Waals surface area contributed by atoms with E-state index in [2.05, 4.69) is 14.9 Å². The molecule has 2 unspecified atom stereocenters. The minimum absolute atomic E-state index is 0.292. The minimum Gasteiger partial charge on any atom is -0.381 e. The van der Waals surface area contributed by atoms with Gasteiger partial charge in [-0.2, -0.15) is 0 Å². The first kappa shape index (κ1) is 13.2. The molecule has 5 nitrogen and oxygen atoms in total. The van der Waals surface area contributed by atoms with Crippen LogP contribution in [-0.2, 0) is 4.74 Å². The monoisotopic (exact) mass is 250 g/mol. The van der Waals surface area contributed by atoms with Crippen molar-refractivity contribution in [3.8, 4) is 0 Å². The van der Waals surface area contributed by atoms with Crippen molar-refractivity contribution in [1.29, 1.82) is 0 Å². The molecule has 1 aromatic heterocycles. The highest BCUT2D eigenvalue weighted by Gasteiger charge is 2.28. The molecule has 2 heterocycles. The highest BCUT2D eigenvalue weighted by molar-refractivity contribution is 5.40. The van der Waals surface area contributed by atoms with E-state index in [1.54, 1.807) is 7.11 Å². The molecule has 0 radical (unpaired) electrons. The Morgan fingerprint density at radius 2 is 2.22 bits per heavy atom. The molecule has 2 atom stereocenters. The highest BCUT2D eigenvalue weighted by atomic mass is 16.5. The van der Waals surface area contributed by atoms with Gasteiger partial charge in [0.15, 0.2) is 0 Å². The van der Waals surface area contributed by atoms with Crippen LogP contribution in [0.3, 0.4) is 0 Å². The Balaban J connectivity index is 2.18. The summed E-state index contributed by atoms with van der Waals surface area (Å²) in [5, 5.41) is 0. The molecule has 5 heteroatoms. The van der Waals surface area contributed by atoms with E-state index in [1.807, 2.05) is 20.0 Å². The standard InChI is InChI=1S/C13H22N4O/c1-9-10(2)16-13(8-15-9)17-5-4-12(18-3)6-11(17)7-14/h8,11-12H,4-7,14H2,1-3H3. The van der Waals surface area contributed by atoms with Gasteiger partial charge in [-0.1, -0.05) is 0 Å². The number of anilines is 1. The lowest BCUT2D eigenvalue weighted by atomic mass is 9.99. The molecule has 2 rings (SSSR count). The van der Waals surface area contributed by atoms with Crippen LogP contribution in [0.1, 0.15) is 24.2 Å². The molecule has 1 aliphatic rings. The van der Waals surface area contributed by atoms with Gasteiger partial charge in [-0.05, 0) is 26.7 Å². The predicted octanol–water partition coefficient (Wildman–Crippen LogP) is 1.04. The summed E-state index contributed by atoms with van der Waals surface area (Å²) in [7, 11) is 1.77. The maximum atomic E-state index is 5.87. The van der Waals surface area contributed by atoms with Crippen LogP contribution < -0.4 is 10.6 Å². The average molecular weight is 250 g/mol. The normalized spacial score (nSPS) is 24.3. The Bertz CT molecular complexity index is 410. The zero-order valence-corrected chi connectivity index (χ0v) is 11.4. The van der Waals surface area contributed by atoms with Crippen molar-refractivity contribution in [3.05, 3.63) is 17.6 Å². The van der Waals surface area contributed by atoms with E-state index < -0.39 is 0 Å². The van der Waals surface area contributed by atoms with Crippen LogP contribution in [0, 0.1) is 13.8 Å². The summed E-state index contributed by atoms with van der Waals surface area (Å²) in [5.41, 5.74) is 7.84. The van der Waals surface area contributed by atoms with E-state index >= 15 is 0 Å². The van der Waals surface area contributed by atoms with Crippen LogP contribution >= 0.6 is 0 Å². The Kier molecular flexibility index (Phi) is 4.14. The van der Waals surface area contributed by atoms with Crippen molar-refractivity contribution < 1.29 is 4.74 Å². The summed E-state index contributed by atoms with van der Waals surface area (Å²) in [6.45, 7) is 5.51. The molecule has 100 valence electrons. The molecule has 18 heavy (non-hydrogen) atoms. The van der Waals surface area contributed by atoms with Gasteiger partial charge in [0.05, 0.1) is 23.7 Å². The third kappa shape index (κ3) is 2.62. The minimum atomic E-state index is 0.292. The van der Waals surface area contributed by atoms with Gasteiger partial charge < -0.3 is 15.4 Å². The Morgan fingerprint density at radius 3 is 2.83 bits per heavy atom. The quantitative estimate of drug-likeness (QED) is 0.868. The fraction of sp³-hybridized carbons (Fsp3) is 0.692. The molecule has 0 saturated carbocycles. The number of aryl methyl sites for hydroxylation is 2. The van der Waals surface area contributed by atoms with Crippen molar-refractivity contribution in [2.45, 2.75) is 38.8 Å². The van der Waals surface area contributed by atoms with Gasteiger partial charge in [-0.25, -0.2) is 4.98 Å². The molecule has 1 saturated heterocycles. The Hall–Kier alpha value is -1.20. The van der Waals surface area contributed by atoms with Gasteiger partial charge in [0.1, 0.15) is 5.82 Å². The fourth-order valence-corrected chi connectivity index (χ4v) is 2.42. The van der Waals surface area contributed by atoms with E-state index in [4.69, 9.17) is 10.5 Å². The van der Waals surface area contributed by atoms with Crippen molar-refractivity contribution in [1.82, 2.24) is 9.97 Å². The highest BCUT2D eigenvalue weighted by Crippen LogP contribution is 2.24. The molecule has 2 N–H and O–H groups in total. The van der Waals surface area contributed by atoms with Gasteiger partial charge >= 0.3 is 0 Å². The summed E-state index contributed by atoms with van der Waals surface area (Å²) in [6, 6.07) is 0.292. The number of rotatable bonds is 3. The van der Waals surface area contributed by atoms with E-state index in [-0.39, 0.29) is 0 Å².